The number of benzene rings is 1. The number of methoxy groups -OCH3 is 1. The van der Waals surface area contributed by atoms with Crippen LogP contribution in [-0.4, -0.2) is 26.8 Å². The van der Waals surface area contributed by atoms with Gasteiger partial charge in [0.2, 0.25) is 0 Å². The molecule has 0 aliphatic heterocycles. The van der Waals surface area contributed by atoms with Gasteiger partial charge in [-0.3, -0.25) is 0 Å². The van der Waals surface area contributed by atoms with Gasteiger partial charge in [0.15, 0.2) is 11.6 Å². The van der Waals surface area contributed by atoms with E-state index in [-0.39, 0.29) is 11.5 Å². The SMILES string of the molecule is COCCNC/C(=C/c1cc(F)c(F)cc1F)C(C)C. The van der Waals surface area contributed by atoms with Crippen LogP contribution < -0.4 is 5.32 Å². The number of hydrogen-bond donors (Lipinski definition) is 1. The first-order chi connectivity index (χ1) is 9.45. The number of hydrogen-bond acceptors (Lipinski definition) is 2. The first-order valence-electron chi connectivity index (χ1n) is 6.50. The Hall–Kier alpha value is -1.33. The number of rotatable bonds is 7. The Kier molecular flexibility index (Phi) is 6.75. The van der Waals surface area contributed by atoms with Crippen molar-refractivity contribution in [1.82, 2.24) is 5.32 Å². The van der Waals surface area contributed by atoms with Crippen LogP contribution in [0.5, 0.6) is 0 Å². The second-order valence-electron chi connectivity index (χ2n) is 4.83. The summed E-state index contributed by atoms with van der Waals surface area (Å²) < 4.78 is 44.6. The lowest BCUT2D eigenvalue weighted by Crippen LogP contribution is -2.23. The van der Waals surface area contributed by atoms with Crippen molar-refractivity contribution in [3.63, 3.8) is 0 Å². The van der Waals surface area contributed by atoms with E-state index in [4.69, 9.17) is 4.74 Å². The van der Waals surface area contributed by atoms with E-state index < -0.39 is 17.5 Å². The first-order valence-corrected chi connectivity index (χ1v) is 6.50. The van der Waals surface area contributed by atoms with Crippen LogP contribution in [0.25, 0.3) is 6.08 Å². The molecule has 0 heterocycles. The topological polar surface area (TPSA) is 21.3 Å². The first kappa shape index (κ1) is 16.7. The Labute approximate surface area is 117 Å². The maximum atomic E-state index is 13.6. The Balaban J connectivity index is 2.88. The van der Waals surface area contributed by atoms with E-state index >= 15 is 0 Å². The molecule has 0 radical (unpaired) electrons. The summed E-state index contributed by atoms with van der Waals surface area (Å²) in [5, 5.41) is 3.15. The van der Waals surface area contributed by atoms with Crippen molar-refractivity contribution in [3.8, 4) is 0 Å². The number of nitrogens with one attached hydrogen (secondary N) is 1. The third kappa shape index (κ3) is 4.98. The summed E-state index contributed by atoms with van der Waals surface area (Å²) in [7, 11) is 1.61. The average molecular weight is 287 g/mol. The summed E-state index contributed by atoms with van der Waals surface area (Å²) in [6, 6.07) is 1.44. The highest BCUT2D eigenvalue weighted by atomic mass is 19.2. The van der Waals surface area contributed by atoms with Gasteiger partial charge in [-0.25, -0.2) is 13.2 Å². The summed E-state index contributed by atoms with van der Waals surface area (Å²) in [5.41, 5.74) is 0.965. The Bertz CT molecular complexity index is 472. The van der Waals surface area contributed by atoms with Gasteiger partial charge in [-0.05, 0) is 12.0 Å². The zero-order chi connectivity index (χ0) is 15.1. The van der Waals surface area contributed by atoms with Gasteiger partial charge in [-0.1, -0.05) is 25.5 Å². The zero-order valence-electron chi connectivity index (χ0n) is 12.0. The van der Waals surface area contributed by atoms with E-state index in [9.17, 15) is 13.2 Å². The minimum atomic E-state index is -1.18. The predicted octanol–water partition coefficient (Wildman–Crippen LogP) is 3.38. The third-order valence-corrected chi connectivity index (χ3v) is 2.93. The van der Waals surface area contributed by atoms with Crippen molar-refractivity contribution in [2.24, 2.45) is 5.92 Å². The molecule has 0 spiro atoms. The summed E-state index contributed by atoms with van der Waals surface area (Å²) in [4.78, 5) is 0. The van der Waals surface area contributed by atoms with Gasteiger partial charge in [-0.2, -0.15) is 0 Å². The molecule has 20 heavy (non-hydrogen) atoms. The lowest BCUT2D eigenvalue weighted by atomic mass is 10.00. The van der Waals surface area contributed by atoms with E-state index in [1.807, 2.05) is 13.8 Å². The highest BCUT2D eigenvalue weighted by Gasteiger charge is 2.10. The van der Waals surface area contributed by atoms with Gasteiger partial charge < -0.3 is 10.1 Å². The fourth-order valence-corrected chi connectivity index (χ4v) is 1.68. The van der Waals surface area contributed by atoms with Gasteiger partial charge in [0.05, 0.1) is 6.61 Å². The normalized spacial score (nSPS) is 12.2. The lowest BCUT2D eigenvalue weighted by Gasteiger charge is -2.13. The van der Waals surface area contributed by atoms with Crippen LogP contribution in [-0.2, 0) is 4.74 Å². The molecule has 0 unspecified atom stereocenters. The zero-order valence-corrected chi connectivity index (χ0v) is 12.0. The molecule has 2 nitrogen and oxygen atoms in total. The van der Waals surface area contributed by atoms with Crippen molar-refractivity contribution in [2.75, 3.05) is 26.8 Å². The molecule has 0 atom stereocenters. The summed E-state index contributed by atoms with van der Waals surface area (Å²) in [6.45, 7) is 5.70. The maximum absolute atomic E-state index is 13.6. The van der Waals surface area contributed by atoms with Gasteiger partial charge >= 0.3 is 0 Å². The van der Waals surface area contributed by atoms with E-state index in [1.165, 1.54) is 0 Å². The molecule has 0 aliphatic carbocycles. The van der Waals surface area contributed by atoms with E-state index in [2.05, 4.69) is 5.32 Å². The van der Waals surface area contributed by atoms with Crippen molar-refractivity contribution in [3.05, 3.63) is 40.7 Å². The van der Waals surface area contributed by atoms with E-state index in [1.54, 1.807) is 13.2 Å². The molecule has 0 saturated heterocycles. The second-order valence-corrected chi connectivity index (χ2v) is 4.83. The molecular formula is C15H20F3NO. The molecule has 0 saturated carbocycles. The number of ether oxygens (including phenoxy) is 1. The molecule has 0 bridgehead atoms. The van der Waals surface area contributed by atoms with E-state index in [0.717, 1.165) is 11.6 Å². The van der Waals surface area contributed by atoms with Gasteiger partial charge in [-0.15, -0.1) is 0 Å². The molecule has 1 rings (SSSR count). The molecule has 1 N–H and O–H groups in total. The minimum Gasteiger partial charge on any atom is -0.383 e. The molecule has 1 aromatic carbocycles. The molecule has 1 aromatic rings. The molecular weight excluding hydrogens is 267 g/mol. The van der Waals surface area contributed by atoms with Crippen molar-refractivity contribution in [1.29, 1.82) is 0 Å². The van der Waals surface area contributed by atoms with Gasteiger partial charge in [0, 0.05) is 31.8 Å². The molecule has 0 amide bonds. The molecule has 112 valence electrons. The molecule has 0 aliphatic rings. The van der Waals surface area contributed by atoms with Crippen LogP contribution >= 0.6 is 0 Å². The van der Waals surface area contributed by atoms with Crippen molar-refractivity contribution in [2.45, 2.75) is 13.8 Å². The molecule has 0 fully saturated rings. The molecule has 0 aromatic heterocycles. The second kappa shape index (κ2) is 8.07. The number of halogens is 3. The lowest BCUT2D eigenvalue weighted by molar-refractivity contribution is 0.200. The Morgan fingerprint density at radius 3 is 2.45 bits per heavy atom. The third-order valence-electron chi connectivity index (χ3n) is 2.93. The minimum absolute atomic E-state index is 0.0566. The highest BCUT2D eigenvalue weighted by molar-refractivity contribution is 5.54. The van der Waals surface area contributed by atoms with Gasteiger partial charge in [0.1, 0.15) is 5.82 Å². The van der Waals surface area contributed by atoms with E-state index in [0.29, 0.717) is 25.8 Å². The van der Waals surface area contributed by atoms with Crippen LogP contribution in [0.4, 0.5) is 13.2 Å². The monoisotopic (exact) mass is 287 g/mol. The summed E-state index contributed by atoms with van der Waals surface area (Å²) in [5.74, 6) is -2.83. The summed E-state index contributed by atoms with van der Waals surface area (Å²) >= 11 is 0. The van der Waals surface area contributed by atoms with Crippen molar-refractivity contribution < 1.29 is 17.9 Å². The standard InChI is InChI=1S/C15H20F3NO/c1-10(2)12(9-19-4-5-20-3)6-11-7-14(17)15(18)8-13(11)16/h6-8,10,19H,4-5,9H2,1-3H3/b12-6-. The predicted molar refractivity (Wildman–Crippen MR) is 73.9 cm³/mol. The fourth-order valence-electron chi connectivity index (χ4n) is 1.68. The van der Waals surface area contributed by atoms with Crippen molar-refractivity contribution >= 4 is 6.08 Å². The quantitative estimate of drug-likeness (QED) is 0.613. The maximum Gasteiger partial charge on any atom is 0.161 e. The van der Waals surface area contributed by atoms with Gasteiger partial charge in [0.25, 0.3) is 0 Å². The fraction of sp³-hybridized carbons (Fsp3) is 0.467. The molecule has 5 heteroatoms. The average Bonchev–Trinajstić information content (AvgIpc) is 2.38. The van der Waals surface area contributed by atoms with Crippen LogP contribution in [0.2, 0.25) is 0 Å². The summed E-state index contributed by atoms with van der Waals surface area (Å²) in [6.07, 6.45) is 1.56. The van der Waals surface area contributed by atoms with Crippen LogP contribution in [0.3, 0.4) is 0 Å². The Morgan fingerprint density at radius 1 is 1.20 bits per heavy atom. The van der Waals surface area contributed by atoms with Crippen LogP contribution in [0.15, 0.2) is 17.7 Å². The smallest absolute Gasteiger partial charge is 0.161 e. The largest absolute Gasteiger partial charge is 0.383 e. The highest BCUT2D eigenvalue weighted by Crippen LogP contribution is 2.19. The van der Waals surface area contributed by atoms with Crippen LogP contribution in [0, 0.1) is 23.4 Å². The van der Waals surface area contributed by atoms with Crippen LogP contribution in [0.1, 0.15) is 19.4 Å². The Morgan fingerprint density at radius 2 is 1.85 bits per heavy atom.